The quantitative estimate of drug-likeness (QED) is 0.276. The molecule has 3 heterocycles. The van der Waals surface area contributed by atoms with Crippen LogP contribution in [0.5, 0.6) is 0 Å². The van der Waals surface area contributed by atoms with Gasteiger partial charge in [0.2, 0.25) is 5.95 Å². The van der Waals surface area contributed by atoms with Gasteiger partial charge < -0.3 is 20.5 Å². The predicted molar refractivity (Wildman–Crippen MR) is 143 cm³/mol. The van der Waals surface area contributed by atoms with E-state index in [9.17, 15) is 5.11 Å². The van der Waals surface area contributed by atoms with Crippen molar-refractivity contribution in [3.05, 3.63) is 65.2 Å². The normalized spacial score (nSPS) is 17.9. The first kappa shape index (κ1) is 24.7. The van der Waals surface area contributed by atoms with E-state index in [0.717, 1.165) is 76.4 Å². The standard InChI is InChI=1S/C27H32N6O2S/c1-35-11-10-28-15-18-12-20(17-29-16-18)19-2-7-24-25(13-19)36-26(33-24)14-22-8-9-30-27(32-22)31-21-3-5-23(34)6-4-21/h2,7-9,12-13,16-17,21,23,28,34H,3-6,10-11,14-15H2,1H3,(H,30,31,32). The number of nitrogens with one attached hydrogen (secondary N) is 2. The van der Waals surface area contributed by atoms with Crippen LogP contribution in [0.15, 0.2) is 48.9 Å². The number of rotatable bonds is 10. The van der Waals surface area contributed by atoms with Crippen LogP contribution in [0, 0.1) is 0 Å². The molecule has 188 valence electrons. The monoisotopic (exact) mass is 504 g/mol. The highest BCUT2D eigenvalue weighted by Crippen LogP contribution is 2.29. The van der Waals surface area contributed by atoms with Crippen LogP contribution in [-0.4, -0.2) is 57.4 Å². The molecule has 0 aliphatic heterocycles. The third-order valence-electron chi connectivity index (χ3n) is 6.45. The zero-order valence-electron chi connectivity index (χ0n) is 20.5. The molecule has 0 radical (unpaired) electrons. The first-order chi connectivity index (χ1) is 17.7. The van der Waals surface area contributed by atoms with Crippen molar-refractivity contribution in [1.82, 2.24) is 25.3 Å². The summed E-state index contributed by atoms with van der Waals surface area (Å²) in [5.41, 5.74) is 5.32. The van der Waals surface area contributed by atoms with Gasteiger partial charge in [-0.05, 0) is 61.1 Å². The minimum absolute atomic E-state index is 0.168. The van der Waals surface area contributed by atoms with Crippen LogP contribution in [0.4, 0.5) is 5.95 Å². The van der Waals surface area contributed by atoms with Crippen LogP contribution in [0.2, 0.25) is 0 Å². The maximum atomic E-state index is 9.73. The van der Waals surface area contributed by atoms with Crippen molar-refractivity contribution in [2.75, 3.05) is 25.6 Å². The summed E-state index contributed by atoms with van der Waals surface area (Å²) in [5, 5.41) is 17.6. The number of aromatic nitrogens is 4. The number of pyridine rings is 1. The third-order valence-corrected chi connectivity index (χ3v) is 7.47. The molecule has 1 aliphatic rings. The molecular weight excluding hydrogens is 472 g/mol. The van der Waals surface area contributed by atoms with E-state index in [1.165, 1.54) is 0 Å². The number of hydrogen-bond donors (Lipinski definition) is 3. The molecule has 0 atom stereocenters. The number of nitrogens with zero attached hydrogens (tertiary/aromatic N) is 4. The van der Waals surface area contributed by atoms with Crippen LogP contribution in [0.25, 0.3) is 21.3 Å². The Bertz CT molecular complexity index is 1290. The summed E-state index contributed by atoms with van der Waals surface area (Å²) in [4.78, 5) is 18.4. The van der Waals surface area contributed by atoms with Gasteiger partial charge in [-0.1, -0.05) is 6.07 Å². The lowest BCUT2D eigenvalue weighted by Gasteiger charge is -2.26. The van der Waals surface area contributed by atoms with E-state index < -0.39 is 0 Å². The van der Waals surface area contributed by atoms with Crippen LogP contribution >= 0.6 is 11.3 Å². The lowest BCUT2D eigenvalue weighted by Crippen LogP contribution is -2.29. The number of aliphatic hydroxyl groups excluding tert-OH is 1. The van der Waals surface area contributed by atoms with Crippen molar-refractivity contribution in [2.45, 2.75) is 50.8 Å². The van der Waals surface area contributed by atoms with Gasteiger partial charge in [-0.25, -0.2) is 15.0 Å². The van der Waals surface area contributed by atoms with E-state index in [0.29, 0.717) is 25.0 Å². The van der Waals surface area contributed by atoms with Gasteiger partial charge in [-0.15, -0.1) is 11.3 Å². The first-order valence-corrected chi connectivity index (χ1v) is 13.3. The Hall–Kier alpha value is -2.98. The minimum atomic E-state index is -0.168. The number of hydrogen-bond acceptors (Lipinski definition) is 9. The van der Waals surface area contributed by atoms with E-state index in [1.807, 2.05) is 18.5 Å². The highest BCUT2D eigenvalue weighted by molar-refractivity contribution is 7.18. The van der Waals surface area contributed by atoms with Crippen LogP contribution in [0.3, 0.4) is 0 Å². The number of methoxy groups -OCH3 is 1. The summed E-state index contributed by atoms with van der Waals surface area (Å²) in [6.45, 7) is 2.26. The second kappa shape index (κ2) is 11.8. The van der Waals surface area contributed by atoms with E-state index in [1.54, 1.807) is 24.6 Å². The van der Waals surface area contributed by atoms with Crippen LogP contribution in [-0.2, 0) is 17.7 Å². The van der Waals surface area contributed by atoms with Gasteiger partial charge in [0.15, 0.2) is 0 Å². The topological polar surface area (TPSA) is 105 Å². The van der Waals surface area contributed by atoms with E-state index in [4.69, 9.17) is 14.7 Å². The zero-order chi connectivity index (χ0) is 24.7. The third kappa shape index (κ3) is 6.41. The summed E-state index contributed by atoms with van der Waals surface area (Å²) in [5.74, 6) is 0.654. The average molecular weight is 505 g/mol. The number of thiazole rings is 1. The second-order valence-electron chi connectivity index (χ2n) is 9.24. The highest BCUT2D eigenvalue weighted by Gasteiger charge is 2.20. The van der Waals surface area contributed by atoms with Crippen molar-refractivity contribution in [2.24, 2.45) is 0 Å². The number of ether oxygens (including phenoxy) is 1. The second-order valence-corrected chi connectivity index (χ2v) is 10.4. The van der Waals surface area contributed by atoms with Crippen molar-refractivity contribution >= 4 is 27.5 Å². The molecule has 5 rings (SSSR count). The molecule has 1 aromatic carbocycles. The highest BCUT2D eigenvalue weighted by atomic mass is 32.1. The molecule has 0 saturated heterocycles. The molecular formula is C27H32N6O2S. The predicted octanol–water partition coefficient (Wildman–Crippen LogP) is 4.19. The zero-order valence-corrected chi connectivity index (χ0v) is 21.3. The van der Waals surface area contributed by atoms with E-state index >= 15 is 0 Å². The van der Waals surface area contributed by atoms with E-state index in [-0.39, 0.29) is 6.10 Å². The maximum Gasteiger partial charge on any atom is 0.223 e. The fourth-order valence-corrected chi connectivity index (χ4v) is 5.52. The Morgan fingerprint density at radius 3 is 2.81 bits per heavy atom. The summed E-state index contributed by atoms with van der Waals surface area (Å²) in [6.07, 6.45) is 9.65. The summed E-state index contributed by atoms with van der Waals surface area (Å²) < 4.78 is 6.24. The summed E-state index contributed by atoms with van der Waals surface area (Å²) in [6, 6.07) is 10.8. The fourth-order valence-electron chi connectivity index (χ4n) is 4.50. The smallest absolute Gasteiger partial charge is 0.223 e. The van der Waals surface area contributed by atoms with Crippen molar-refractivity contribution in [1.29, 1.82) is 0 Å². The van der Waals surface area contributed by atoms with Crippen LogP contribution < -0.4 is 10.6 Å². The summed E-state index contributed by atoms with van der Waals surface area (Å²) in [7, 11) is 1.71. The molecule has 1 saturated carbocycles. The molecule has 0 amide bonds. The lowest BCUT2D eigenvalue weighted by atomic mass is 9.93. The molecule has 1 aliphatic carbocycles. The van der Waals surface area contributed by atoms with Gasteiger partial charge in [-0.2, -0.15) is 0 Å². The van der Waals surface area contributed by atoms with Gasteiger partial charge >= 0.3 is 0 Å². The fraction of sp³-hybridized carbons (Fsp3) is 0.407. The SMILES string of the molecule is COCCNCc1cncc(-c2ccc3nc(Cc4ccnc(NC5CCC(O)CC5)n4)sc3c2)c1. The number of aliphatic hydroxyl groups is 1. The average Bonchev–Trinajstić information content (AvgIpc) is 3.30. The Kier molecular flexibility index (Phi) is 8.12. The number of benzene rings is 1. The Balaban J connectivity index is 1.26. The molecule has 4 aromatic rings. The molecule has 9 heteroatoms. The van der Waals surface area contributed by atoms with Gasteiger partial charge in [0.1, 0.15) is 0 Å². The molecule has 3 aromatic heterocycles. The van der Waals surface area contributed by atoms with Crippen molar-refractivity contribution in [3.63, 3.8) is 0 Å². The lowest BCUT2D eigenvalue weighted by molar-refractivity contribution is 0.126. The maximum absolute atomic E-state index is 9.73. The summed E-state index contributed by atoms with van der Waals surface area (Å²) >= 11 is 1.70. The molecule has 0 unspecified atom stereocenters. The Morgan fingerprint density at radius 1 is 1.06 bits per heavy atom. The molecule has 1 fully saturated rings. The van der Waals surface area contributed by atoms with Crippen molar-refractivity contribution in [3.8, 4) is 11.1 Å². The molecule has 8 nitrogen and oxygen atoms in total. The Morgan fingerprint density at radius 2 is 1.94 bits per heavy atom. The largest absolute Gasteiger partial charge is 0.393 e. The van der Waals surface area contributed by atoms with Gasteiger partial charge in [0, 0.05) is 56.8 Å². The number of anilines is 1. The number of fused-ring (bicyclic) bond motifs is 1. The molecule has 0 spiro atoms. The van der Waals surface area contributed by atoms with Gasteiger partial charge in [0.25, 0.3) is 0 Å². The minimum Gasteiger partial charge on any atom is -0.393 e. The first-order valence-electron chi connectivity index (χ1n) is 12.5. The molecule has 36 heavy (non-hydrogen) atoms. The Labute approximate surface area is 215 Å². The van der Waals surface area contributed by atoms with E-state index in [2.05, 4.69) is 44.9 Å². The molecule has 3 N–H and O–H groups in total. The van der Waals surface area contributed by atoms with Gasteiger partial charge in [-0.3, -0.25) is 4.98 Å². The molecule has 0 bridgehead atoms. The van der Waals surface area contributed by atoms with Gasteiger partial charge in [0.05, 0.1) is 33.6 Å². The van der Waals surface area contributed by atoms with Crippen LogP contribution in [0.1, 0.15) is 41.9 Å². The van der Waals surface area contributed by atoms with Crippen molar-refractivity contribution < 1.29 is 9.84 Å².